The normalized spacial score (nSPS) is 24.1. The first-order chi connectivity index (χ1) is 12.0. The lowest BCUT2D eigenvalue weighted by Gasteiger charge is -2.26. The number of H-pyrrole nitrogens is 1. The summed E-state index contributed by atoms with van der Waals surface area (Å²) >= 11 is 0. The lowest BCUT2D eigenvalue weighted by molar-refractivity contribution is 0.0761. The number of carbonyl (C=O) groups excluding carboxylic acids is 1. The molecule has 0 spiro atoms. The van der Waals surface area contributed by atoms with Gasteiger partial charge in [-0.05, 0) is 30.7 Å². The third-order valence-electron chi connectivity index (χ3n) is 5.26. The van der Waals surface area contributed by atoms with Gasteiger partial charge in [0.05, 0.1) is 12.4 Å². The van der Waals surface area contributed by atoms with Crippen LogP contribution in [0.25, 0.3) is 0 Å². The van der Waals surface area contributed by atoms with Gasteiger partial charge in [-0.15, -0.1) is 24.8 Å². The first-order valence-electron chi connectivity index (χ1n) is 8.32. The number of nitrogens with one attached hydrogen (secondary N) is 1. The molecule has 1 aromatic carbocycles. The molecule has 1 amide bonds. The maximum Gasteiger partial charge on any atom is 0.271 e. The van der Waals surface area contributed by atoms with E-state index in [2.05, 4.69) is 14.9 Å². The van der Waals surface area contributed by atoms with Crippen molar-refractivity contribution in [2.75, 3.05) is 26.7 Å². The number of benzene rings is 1. The Hall–Kier alpha value is -1.96. The number of hydrogen-bond donors (Lipinski definition) is 1. The summed E-state index contributed by atoms with van der Waals surface area (Å²) in [6.07, 6.45) is 2.53. The van der Waals surface area contributed by atoms with E-state index < -0.39 is 0 Å². The van der Waals surface area contributed by atoms with Gasteiger partial charge in [0.25, 0.3) is 11.5 Å². The van der Waals surface area contributed by atoms with Crippen LogP contribution < -0.4 is 5.56 Å². The maximum absolute atomic E-state index is 13.6. The van der Waals surface area contributed by atoms with Gasteiger partial charge in [-0.3, -0.25) is 19.5 Å². The topological polar surface area (TPSA) is 69.3 Å². The molecule has 2 aromatic rings. The van der Waals surface area contributed by atoms with E-state index in [0.29, 0.717) is 19.0 Å². The largest absolute Gasteiger partial charge is 0.337 e. The third kappa shape index (κ3) is 4.00. The molecule has 0 saturated carbocycles. The molecular formula is C18H21Cl2FN4O2. The minimum Gasteiger partial charge on any atom is -0.337 e. The second kappa shape index (κ2) is 8.37. The van der Waals surface area contributed by atoms with E-state index in [0.717, 1.165) is 18.3 Å². The van der Waals surface area contributed by atoms with Gasteiger partial charge in [-0.2, -0.15) is 0 Å². The summed E-state index contributed by atoms with van der Waals surface area (Å²) in [5.41, 5.74) is 0.768. The highest BCUT2D eigenvalue weighted by Crippen LogP contribution is 2.44. The van der Waals surface area contributed by atoms with Gasteiger partial charge in [-0.25, -0.2) is 4.39 Å². The van der Waals surface area contributed by atoms with Crippen LogP contribution in [-0.4, -0.2) is 52.4 Å². The summed E-state index contributed by atoms with van der Waals surface area (Å²) in [5, 5.41) is 0. The molecule has 6 nitrogen and oxygen atoms in total. The third-order valence-corrected chi connectivity index (χ3v) is 5.26. The van der Waals surface area contributed by atoms with Crippen LogP contribution in [0.4, 0.5) is 4.39 Å². The number of hydrogen-bond acceptors (Lipinski definition) is 4. The van der Waals surface area contributed by atoms with Crippen LogP contribution in [0.2, 0.25) is 0 Å². The molecule has 2 aliphatic heterocycles. The van der Waals surface area contributed by atoms with Crippen molar-refractivity contribution in [3.8, 4) is 0 Å². The van der Waals surface area contributed by atoms with Gasteiger partial charge in [0.1, 0.15) is 11.5 Å². The molecule has 0 aliphatic carbocycles. The number of likely N-dealkylation sites (tertiary alicyclic amines) is 2. The minimum absolute atomic E-state index is 0. The fraction of sp³-hybridized carbons (Fsp3) is 0.389. The van der Waals surface area contributed by atoms with Crippen LogP contribution in [0.3, 0.4) is 0 Å². The molecule has 1 aromatic heterocycles. The van der Waals surface area contributed by atoms with E-state index in [1.54, 1.807) is 17.0 Å². The van der Waals surface area contributed by atoms with Crippen molar-refractivity contribution < 1.29 is 9.18 Å². The Morgan fingerprint density at radius 3 is 2.70 bits per heavy atom. The molecule has 146 valence electrons. The van der Waals surface area contributed by atoms with Crippen molar-refractivity contribution in [2.45, 2.75) is 6.04 Å². The Morgan fingerprint density at radius 1 is 1.22 bits per heavy atom. The van der Waals surface area contributed by atoms with Crippen LogP contribution in [0.5, 0.6) is 0 Å². The highest BCUT2D eigenvalue weighted by atomic mass is 35.5. The second-order valence-corrected chi connectivity index (χ2v) is 6.88. The van der Waals surface area contributed by atoms with Crippen LogP contribution in [-0.2, 0) is 0 Å². The summed E-state index contributed by atoms with van der Waals surface area (Å²) in [7, 11) is 2.04. The highest BCUT2D eigenvalue weighted by Gasteiger charge is 2.47. The minimum atomic E-state index is -0.386. The average Bonchev–Trinajstić information content (AvgIpc) is 3.10. The number of rotatable bonds is 2. The zero-order chi connectivity index (χ0) is 17.6. The molecule has 0 bridgehead atoms. The van der Waals surface area contributed by atoms with E-state index in [1.807, 2.05) is 13.1 Å². The molecule has 1 N–H and O–H groups in total. The molecule has 2 fully saturated rings. The molecule has 9 heteroatoms. The summed E-state index contributed by atoms with van der Waals surface area (Å²) in [6, 6.07) is 6.78. The number of fused-ring (bicyclic) bond motifs is 1. The fourth-order valence-electron chi connectivity index (χ4n) is 4.27. The van der Waals surface area contributed by atoms with Gasteiger partial charge < -0.3 is 9.88 Å². The van der Waals surface area contributed by atoms with Crippen molar-refractivity contribution in [2.24, 2.45) is 11.8 Å². The van der Waals surface area contributed by atoms with Gasteiger partial charge in [-0.1, -0.05) is 12.1 Å². The smallest absolute Gasteiger partial charge is 0.271 e. The number of amides is 1. The summed E-state index contributed by atoms with van der Waals surface area (Å²) in [4.78, 5) is 34.4. The lowest BCUT2D eigenvalue weighted by Crippen LogP contribution is -2.34. The summed E-state index contributed by atoms with van der Waals surface area (Å²) in [5.74, 6) is 0.137. The van der Waals surface area contributed by atoms with Crippen molar-refractivity contribution in [1.82, 2.24) is 19.8 Å². The number of aromatic nitrogens is 2. The second-order valence-electron chi connectivity index (χ2n) is 6.88. The van der Waals surface area contributed by atoms with Crippen LogP contribution in [0, 0.1) is 17.7 Å². The van der Waals surface area contributed by atoms with Crippen molar-refractivity contribution in [3.63, 3.8) is 0 Å². The highest BCUT2D eigenvalue weighted by molar-refractivity contribution is 5.92. The summed E-state index contributed by atoms with van der Waals surface area (Å²) < 4.78 is 13.6. The first-order valence-corrected chi connectivity index (χ1v) is 8.32. The van der Waals surface area contributed by atoms with Crippen LogP contribution in [0.15, 0.2) is 41.5 Å². The van der Waals surface area contributed by atoms with E-state index in [1.165, 1.54) is 12.3 Å². The van der Waals surface area contributed by atoms with Gasteiger partial charge in [0.15, 0.2) is 0 Å². The Kier molecular flexibility index (Phi) is 6.62. The van der Waals surface area contributed by atoms with E-state index in [-0.39, 0.29) is 59.8 Å². The number of nitrogens with zero attached hydrogens (tertiary/aromatic N) is 3. The summed E-state index contributed by atoms with van der Waals surface area (Å²) in [6.45, 7) is 2.09. The standard InChI is InChI=1S/C18H19FN4O2.2ClH/c1-22-8-12-9-23(18(25)15-6-20-7-16(24)21-15)10-14(12)17(22)11-3-2-4-13(19)5-11;;/h2-7,12,14,17H,8-10H2,1H3,(H,21,24);2*1H/t12-,14+,17-;;/m0../s1. The number of aromatic amines is 1. The Morgan fingerprint density at radius 2 is 2.00 bits per heavy atom. The van der Waals surface area contributed by atoms with Gasteiger partial charge in [0.2, 0.25) is 0 Å². The average molecular weight is 415 g/mol. The van der Waals surface area contributed by atoms with Crippen molar-refractivity contribution in [1.29, 1.82) is 0 Å². The quantitative estimate of drug-likeness (QED) is 0.816. The van der Waals surface area contributed by atoms with E-state index >= 15 is 0 Å². The van der Waals surface area contributed by atoms with Gasteiger partial charge >= 0.3 is 0 Å². The molecule has 0 unspecified atom stereocenters. The molecular weight excluding hydrogens is 394 g/mol. The molecule has 27 heavy (non-hydrogen) atoms. The maximum atomic E-state index is 13.6. The molecule has 2 saturated heterocycles. The van der Waals surface area contributed by atoms with Crippen molar-refractivity contribution in [3.05, 3.63) is 64.1 Å². The zero-order valence-corrected chi connectivity index (χ0v) is 16.3. The number of halogens is 3. The fourth-order valence-corrected chi connectivity index (χ4v) is 4.27. The molecule has 3 atom stereocenters. The monoisotopic (exact) mass is 414 g/mol. The van der Waals surface area contributed by atoms with Crippen LogP contribution in [0.1, 0.15) is 22.1 Å². The first kappa shape index (κ1) is 21.3. The van der Waals surface area contributed by atoms with Crippen LogP contribution >= 0.6 is 24.8 Å². The lowest BCUT2D eigenvalue weighted by atomic mass is 9.89. The van der Waals surface area contributed by atoms with E-state index in [9.17, 15) is 14.0 Å². The molecule has 0 radical (unpaired) electrons. The predicted molar refractivity (Wildman–Crippen MR) is 104 cm³/mol. The zero-order valence-electron chi connectivity index (χ0n) is 14.7. The molecule has 3 heterocycles. The SMILES string of the molecule is CN1C[C@H]2CN(C(=O)c3cncc(=O)[nH]3)C[C@H]2[C@@H]1c1cccc(F)c1.Cl.Cl. The van der Waals surface area contributed by atoms with E-state index in [4.69, 9.17) is 0 Å². The van der Waals surface area contributed by atoms with Gasteiger partial charge in [0, 0.05) is 31.6 Å². The number of carbonyl (C=O) groups is 1. The Bertz CT molecular complexity index is 878. The predicted octanol–water partition coefficient (Wildman–Crippen LogP) is 2.13. The molecule has 4 rings (SSSR count). The Balaban J connectivity index is 0.00000131. The van der Waals surface area contributed by atoms with Crippen molar-refractivity contribution >= 4 is 30.7 Å². The molecule has 2 aliphatic rings. The Labute approximate surface area is 168 Å².